The largest absolute Gasteiger partial charge is 0.457 e. The summed E-state index contributed by atoms with van der Waals surface area (Å²) in [7, 11) is 1.69. The van der Waals surface area contributed by atoms with E-state index in [9.17, 15) is 18.8 Å². The van der Waals surface area contributed by atoms with Crippen molar-refractivity contribution < 1.29 is 23.5 Å². The second-order valence-corrected chi connectivity index (χ2v) is 8.85. The van der Waals surface area contributed by atoms with Gasteiger partial charge in [0.15, 0.2) is 10.9 Å². The van der Waals surface area contributed by atoms with Gasteiger partial charge in [0.2, 0.25) is 0 Å². The summed E-state index contributed by atoms with van der Waals surface area (Å²) < 4.78 is 20.7. The van der Waals surface area contributed by atoms with Crippen LogP contribution >= 0.6 is 12.2 Å². The zero-order valence-electron chi connectivity index (χ0n) is 20.1. The molecular weight excluding hydrogens is 505 g/mol. The quantitative estimate of drug-likeness (QED) is 0.166. The maximum absolute atomic E-state index is 13.4. The van der Waals surface area contributed by atoms with Crippen LogP contribution in [0.2, 0.25) is 0 Å². The first-order chi connectivity index (χ1) is 18.3. The predicted molar refractivity (Wildman–Crippen MR) is 144 cm³/mol. The molecule has 4 aromatic rings. The number of anilines is 1. The monoisotopic (exact) mass is 525 g/mol. The van der Waals surface area contributed by atoms with Crippen molar-refractivity contribution in [3.63, 3.8) is 0 Å². The van der Waals surface area contributed by atoms with Gasteiger partial charge in [0.1, 0.15) is 22.9 Å². The number of nitrogens with zero attached hydrogens (tertiary/aromatic N) is 2. The molecule has 0 unspecified atom stereocenters. The van der Waals surface area contributed by atoms with Gasteiger partial charge in [-0.1, -0.05) is 18.2 Å². The van der Waals surface area contributed by atoms with E-state index in [1.807, 2.05) is 30.3 Å². The lowest BCUT2D eigenvalue weighted by atomic mass is 10.1. The molecule has 3 aromatic carbocycles. The molecule has 0 saturated carbocycles. The Morgan fingerprint density at radius 1 is 0.921 bits per heavy atom. The number of amides is 2. The summed E-state index contributed by atoms with van der Waals surface area (Å²) in [6.45, 7) is 0. The Balaban J connectivity index is 1.40. The van der Waals surface area contributed by atoms with Crippen LogP contribution in [0.1, 0.15) is 21.6 Å². The van der Waals surface area contributed by atoms with E-state index in [1.165, 1.54) is 35.2 Å². The topological polar surface area (TPSA) is 80.6 Å². The van der Waals surface area contributed by atoms with E-state index in [0.717, 1.165) is 0 Å². The van der Waals surface area contributed by atoms with Crippen molar-refractivity contribution in [2.24, 2.45) is 7.05 Å². The number of carbonyl (C=O) groups is 3. The van der Waals surface area contributed by atoms with Crippen LogP contribution in [0.3, 0.4) is 0 Å². The first-order valence-electron chi connectivity index (χ1n) is 11.5. The van der Waals surface area contributed by atoms with E-state index in [2.05, 4.69) is 5.32 Å². The summed E-state index contributed by atoms with van der Waals surface area (Å²) in [4.78, 5) is 40.2. The Hall–Kier alpha value is -4.89. The number of rotatable bonds is 6. The van der Waals surface area contributed by atoms with Crippen molar-refractivity contribution in [2.75, 3.05) is 4.90 Å². The minimum Gasteiger partial charge on any atom is -0.457 e. The van der Waals surface area contributed by atoms with Gasteiger partial charge in [0, 0.05) is 30.1 Å². The van der Waals surface area contributed by atoms with Crippen molar-refractivity contribution in [1.29, 1.82) is 0 Å². The fraction of sp³-hybridized carbons (Fsp3) is 0.0345. The van der Waals surface area contributed by atoms with E-state index in [0.29, 0.717) is 34.0 Å². The number of ether oxygens (including phenoxy) is 1. The first kappa shape index (κ1) is 24.8. The molecule has 7 nitrogen and oxygen atoms in total. The van der Waals surface area contributed by atoms with Crippen LogP contribution in [0.15, 0.2) is 96.7 Å². The molecule has 0 spiro atoms. The number of para-hydroxylation sites is 1. The number of benzene rings is 3. The molecule has 5 rings (SSSR count). The highest BCUT2D eigenvalue weighted by Gasteiger charge is 2.34. The number of aromatic nitrogens is 1. The van der Waals surface area contributed by atoms with Gasteiger partial charge in [-0.2, -0.15) is 0 Å². The molecule has 0 bridgehead atoms. The summed E-state index contributed by atoms with van der Waals surface area (Å²) in [5.74, 6) is -0.775. The number of hydrogen-bond acceptors (Lipinski definition) is 5. The molecule has 0 aliphatic carbocycles. The number of carbonyl (C=O) groups excluding carboxylic acids is 3. The number of hydrogen-bond donors (Lipinski definition) is 1. The van der Waals surface area contributed by atoms with Gasteiger partial charge in [-0.05, 0) is 85.0 Å². The van der Waals surface area contributed by atoms with Crippen LogP contribution in [0.25, 0.3) is 6.08 Å². The summed E-state index contributed by atoms with van der Waals surface area (Å²) in [5.41, 5.74) is 1.40. The maximum Gasteiger partial charge on any atom is 0.270 e. The molecule has 1 N–H and O–H groups in total. The SMILES string of the molecule is Cn1cc(C(=O)c2ccc(F)cc2)cc1/C=C1\C(=O)NC(=S)N(c2ccc(Oc3ccccc3)cc2)C1=O. The van der Waals surface area contributed by atoms with E-state index in [4.69, 9.17) is 17.0 Å². The molecular formula is C29H20FN3O4S. The van der Waals surface area contributed by atoms with Gasteiger partial charge in [-0.3, -0.25) is 24.6 Å². The molecule has 9 heteroatoms. The van der Waals surface area contributed by atoms with Crippen LogP contribution in [0, 0.1) is 5.82 Å². The average molecular weight is 526 g/mol. The van der Waals surface area contributed by atoms with Crippen molar-refractivity contribution >= 4 is 46.7 Å². The van der Waals surface area contributed by atoms with E-state index >= 15 is 0 Å². The number of ketones is 1. The molecule has 0 radical (unpaired) electrons. The van der Waals surface area contributed by atoms with Gasteiger partial charge in [-0.25, -0.2) is 4.39 Å². The van der Waals surface area contributed by atoms with Crippen LogP contribution in [0.4, 0.5) is 10.1 Å². The molecule has 1 aliphatic heterocycles. The second kappa shape index (κ2) is 10.2. The number of nitrogens with one attached hydrogen (secondary N) is 1. The Bertz CT molecular complexity index is 1590. The molecule has 38 heavy (non-hydrogen) atoms. The molecule has 0 atom stereocenters. The zero-order valence-corrected chi connectivity index (χ0v) is 20.9. The Morgan fingerprint density at radius 2 is 1.58 bits per heavy atom. The third-order valence-corrected chi connectivity index (χ3v) is 6.16. The predicted octanol–water partition coefficient (Wildman–Crippen LogP) is 5.02. The normalized spacial score (nSPS) is 14.5. The third kappa shape index (κ3) is 5.00. The molecule has 2 amide bonds. The van der Waals surface area contributed by atoms with Crippen LogP contribution < -0.4 is 15.0 Å². The van der Waals surface area contributed by atoms with Crippen molar-refractivity contribution in [3.05, 3.63) is 119 Å². The van der Waals surface area contributed by atoms with Crippen LogP contribution in [-0.2, 0) is 16.6 Å². The first-order valence-corrected chi connectivity index (χ1v) is 11.9. The van der Waals surface area contributed by atoms with Crippen molar-refractivity contribution in [3.8, 4) is 11.5 Å². The average Bonchev–Trinajstić information content (AvgIpc) is 3.28. The highest BCUT2D eigenvalue weighted by molar-refractivity contribution is 7.80. The fourth-order valence-corrected chi connectivity index (χ4v) is 4.23. The molecule has 1 aliphatic rings. The Kier molecular flexibility index (Phi) is 6.68. The summed E-state index contributed by atoms with van der Waals surface area (Å²) >= 11 is 5.28. The molecule has 188 valence electrons. The number of thiocarbonyl (C=S) groups is 1. The number of aryl methyl sites for hydroxylation is 1. The van der Waals surface area contributed by atoms with E-state index in [-0.39, 0.29) is 16.5 Å². The third-order valence-electron chi connectivity index (χ3n) is 5.88. The maximum atomic E-state index is 13.4. The minimum atomic E-state index is -0.645. The minimum absolute atomic E-state index is 0.0482. The summed E-state index contributed by atoms with van der Waals surface area (Å²) in [6.07, 6.45) is 2.98. The standard InChI is InChI=1S/C29H20FN3O4S/c1-32-17-19(26(34)18-7-9-20(30)10-8-18)15-22(32)16-25-27(35)31-29(38)33(28(25)36)21-11-13-24(14-12-21)37-23-5-3-2-4-6-23/h2-17H,1H3,(H,31,35,38)/b25-16+. The fourth-order valence-electron chi connectivity index (χ4n) is 3.94. The van der Waals surface area contributed by atoms with Crippen LogP contribution in [0.5, 0.6) is 11.5 Å². The number of halogens is 1. The van der Waals surface area contributed by atoms with E-state index in [1.54, 1.807) is 48.1 Å². The molecule has 2 heterocycles. The lowest BCUT2D eigenvalue weighted by Gasteiger charge is -2.29. The van der Waals surface area contributed by atoms with Crippen molar-refractivity contribution in [2.45, 2.75) is 0 Å². The van der Waals surface area contributed by atoms with Crippen LogP contribution in [-0.4, -0.2) is 27.3 Å². The van der Waals surface area contributed by atoms with Crippen molar-refractivity contribution in [1.82, 2.24) is 9.88 Å². The smallest absolute Gasteiger partial charge is 0.270 e. The second-order valence-electron chi connectivity index (χ2n) is 8.47. The Morgan fingerprint density at radius 3 is 2.26 bits per heavy atom. The molecule has 1 saturated heterocycles. The highest BCUT2D eigenvalue weighted by atomic mass is 32.1. The van der Waals surface area contributed by atoms with Gasteiger partial charge >= 0.3 is 0 Å². The lowest BCUT2D eigenvalue weighted by Crippen LogP contribution is -2.54. The van der Waals surface area contributed by atoms with E-state index < -0.39 is 17.6 Å². The van der Waals surface area contributed by atoms with Gasteiger partial charge in [-0.15, -0.1) is 0 Å². The summed E-state index contributed by atoms with van der Waals surface area (Å²) in [6, 6.07) is 22.8. The van der Waals surface area contributed by atoms with Gasteiger partial charge < -0.3 is 9.30 Å². The van der Waals surface area contributed by atoms with Gasteiger partial charge in [0.05, 0.1) is 5.69 Å². The summed E-state index contributed by atoms with van der Waals surface area (Å²) in [5, 5.41) is 2.50. The highest BCUT2D eigenvalue weighted by Crippen LogP contribution is 2.27. The lowest BCUT2D eigenvalue weighted by molar-refractivity contribution is -0.122. The Labute approximate surface area is 222 Å². The zero-order chi connectivity index (χ0) is 26.8. The molecule has 1 fully saturated rings. The molecule has 1 aromatic heterocycles. The van der Waals surface area contributed by atoms with Gasteiger partial charge in [0.25, 0.3) is 11.8 Å².